The van der Waals surface area contributed by atoms with E-state index in [1.807, 2.05) is 6.92 Å². The van der Waals surface area contributed by atoms with Crippen molar-refractivity contribution in [2.75, 3.05) is 6.54 Å². The summed E-state index contributed by atoms with van der Waals surface area (Å²) in [5.41, 5.74) is 5.53. The number of alkyl halides is 3. The van der Waals surface area contributed by atoms with Crippen LogP contribution in [0.2, 0.25) is 0 Å². The van der Waals surface area contributed by atoms with Crippen LogP contribution in [0.1, 0.15) is 26.2 Å². The first-order valence-corrected chi connectivity index (χ1v) is 6.77. The maximum absolute atomic E-state index is 12.4. The van der Waals surface area contributed by atoms with E-state index in [1.165, 1.54) is 6.20 Å². The standard InChI is InChI=1S/C13H20F3N3O2/c1-2-8-4-6-18-11(8)12(21)9(19-10(20)7-17)3-5-13(14,15)16/h4,6,8-9,12,21H,2-3,5,7,17H2,1H3,(H,19,20). The second-order valence-electron chi connectivity index (χ2n) is 4.89. The van der Waals surface area contributed by atoms with E-state index in [0.29, 0.717) is 12.1 Å². The number of nitrogens with one attached hydrogen (secondary N) is 1. The molecule has 8 heteroatoms. The molecule has 120 valence electrons. The van der Waals surface area contributed by atoms with Crippen LogP contribution in [-0.4, -0.2) is 41.6 Å². The van der Waals surface area contributed by atoms with Crippen molar-refractivity contribution < 1.29 is 23.1 Å². The summed E-state index contributed by atoms with van der Waals surface area (Å²) in [6, 6.07) is -1.06. The molecule has 1 amide bonds. The number of rotatable bonds is 7. The molecule has 0 bridgehead atoms. The Morgan fingerprint density at radius 3 is 2.76 bits per heavy atom. The number of nitrogens with zero attached hydrogens (tertiary/aromatic N) is 1. The van der Waals surface area contributed by atoms with Gasteiger partial charge in [0.15, 0.2) is 0 Å². The van der Waals surface area contributed by atoms with Crippen molar-refractivity contribution in [2.45, 2.75) is 44.5 Å². The summed E-state index contributed by atoms with van der Waals surface area (Å²) in [5.74, 6) is -0.732. The second-order valence-corrected chi connectivity index (χ2v) is 4.89. The zero-order chi connectivity index (χ0) is 16.0. The molecule has 1 aliphatic heterocycles. The average molecular weight is 307 g/mol. The lowest BCUT2D eigenvalue weighted by Gasteiger charge is -2.26. The van der Waals surface area contributed by atoms with Gasteiger partial charge in [0.25, 0.3) is 0 Å². The van der Waals surface area contributed by atoms with Crippen molar-refractivity contribution in [2.24, 2.45) is 16.6 Å². The fraction of sp³-hybridized carbons (Fsp3) is 0.692. The number of hydrogen-bond acceptors (Lipinski definition) is 4. The summed E-state index contributed by atoms with van der Waals surface area (Å²) in [6.45, 7) is 1.53. The molecule has 0 fully saturated rings. The van der Waals surface area contributed by atoms with Gasteiger partial charge in [-0.2, -0.15) is 13.2 Å². The first-order chi connectivity index (χ1) is 9.78. The quantitative estimate of drug-likeness (QED) is 0.659. The molecule has 5 nitrogen and oxygen atoms in total. The van der Waals surface area contributed by atoms with E-state index >= 15 is 0 Å². The average Bonchev–Trinajstić information content (AvgIpc) is 2.89. The maximum atomic E-state index is 12.4. The smallest absolute Gasteiger partial charge is 0.385 e. The minimum Gasteiger partial charge on any atom is -0.385 e. The predicted molar refractivity (Wildman–Crippen MR) is 72.6 cm³/mol. The van der Waals surface area contributed by atoms with Gasteiger partial charge in [-0.1, -0.05) is 13.0 Å². The topological polar surface area (TPSA) is 87.7 Å². The Morgan fingerprint density at radius 1 is 1.57 bits per heavy atom. The number of aliphatic hydroxyl groups is 1. The largest absolute Gasteiger partial charge is 0.389 e. The molecule has 1 rings (SSSR count). The maximum Gasteiger partial charge on any atom is 0.389 e. The predicted octanol–water partition coefficient (Wildman–Crippen LogP) is 1.13. The van der Waals surface area contributed by atoms with Gasteiger partial charge in [0, 0.05) is 18.5 Å². The molecule has 1 heterocycles. The lowest BCUT2D eigenvalue weighted by Crippen LogP contribution is -2.50. The molecule has 0 radical (unpaired) electrons. The van der Waals surface area contributed by atoms with Crippen LogP contribution >= 0.6 is 0 Å². The molecular formula is C13H20F3N3O2. The number of aliphatic imine (C=N–C) groups is 1. The molecule has 1 aliphatic rings. The summed E-state index contributed by atoms with van der Waals surface area (Å²) in [5, 5.41) is 12.6. The summed E-state index contributed by atoms with van der Waals surface area (Å²) in [7, 11) is 0. The van der Waals surface area contributed by atoms with E-state index in [2.05, 4.69) is 10.3 Å². The van der Waals surface area contributed by atoms with E-state index in [-0.39, 0.29) is 12.5 Å². The van der Waals surface area contributed by atoms with Crippen molar-refractivity contribution in [3.63, 3.8) is 0 Å². The van der Waals surface area contributed by atoms with Gasteiger partial charge in [-0.3, -0.25) is 9.79 Å². The summed E-state index contributed by atoms with van der Waals surface area (Å²) >= 11 is 0. The molecule has 0 spiro atoms. The number of nitrogens with two attached hydrogens (primary N) is 1. The Balaban J connectivity index is 2.77. The third-order valence-electron chi connectivity index (χ3n) is 3.32. The number of halogens is 3. The van der Waals surface area contributed by atoms with E-state index in [4.69, 9.17) is 5.73 Å². The number of aliphatic hydroxyl groups excluding tert-OH is 1. The number of amides is 1. The fourth-order valence-corrected chi connectivity index (χ4v) is 2.17. The Bertz CT molecular complexity index is 421. The number of allylic oxidation sites excluding steroid dienone is 1. The highest BCUT2D eigenvalue weighted by Crippen LogP contribution is 2.25. The van der Waals surface area contributed by atoms with Gasteiger partial charge in [-0.25, -0.2) is 0 Å². The van der Waals surface area contributed by atoms with Crippen molar-refractivity contribution in [3.8, 4) is 0 Å². The van der Waals surface area contributed by atoms with Gasteiger partial charge in [0.05, 0.1) is 18.3 Å². The summed E-state index contributed by atoms with van der Waals surface area (Å²) in [4.78, 5) is 15.3. The third-order valence-corrected chi connectivity index (χ3v) is 3.32. The van der Waals surface area contributed by atoms with Crippen LogP contribution in [0.4, 0.5) is 13.2 Å². The molecular weight excluding hydrogens is 287 g/mol. The fourth-order valence-electron chi connectivity index (χ4n) is 2.17. The highest BCUT2D eigenvalue weighted by atomic mass is 19.4. The van der Waals surface area contributed by atoms with Crippen LogP contribution in [-0.2, 0) is 4.79 Å². The molecule has 0 aliphatic carbocycles. The highest BCUT2D eigenvalue weighted by Gasteiger charge is 2.34. The molecule has 0 saturated carbocycles. The number of carbonyl (C=O) groups is 1. The van der Waals surface area contributed by atoms with Gasteiger partial charge < -0.3 is 16.2 Å². The molecule has 0 aromatic carbocycles. The zero-order valence-corrected chi connectivity index (χ0v) is 11.7. The van der Waals surface area contributed by atoms with Crippen LogP contribution in [0.15, 0.2) is 17.3 Å². The summed E-state index contributed by atoms with van der Waals surface area (Å²) < 4.78 is 37.1. The monoisotopic (exact) mass is 307 g/mol. The first-order valence-electron chi connectivity index (χ1n) is 6.77. The SMILES string of the molecule is CCC1C=CN=C1C(O)C(CCC(F)(F)F)NC(=O)CN. The van der Waals surface area contributed by atoms with Crippen molar-refractivity contribution in [1.82, 2.24) is 5.32 Å². The molecule has 3 atom stereocenters. The van der Waals surface area contributed by atoms with Crippen LogP contribution in [0, 0.1) is 5.92 Å². The first kappa shape index (κ1) is 17.6. The van der Waals surface area contributed by atoms with E-state index in [1.54, 1.807) is 6.08 Å². The molecule has 4 N–H and O–H groups in total. The second kappa shape index (κ2) is 7.56. The van der Waals surface area contributed by atoms with Crippen molar-refractivity contribution >= 4 is 11.6 Å². The Kier molecular flexibility index (Phi) is 6.35. The van der Waals surface area contributed by atoms with Gasteiger partial charge in [0.2, 0.25) is 5.91 Å². The van der Waals surface area contributed by atoms with Crippen LogP contribution in [0.25, 0.3) is 0 Å². The third kappa shape index (κ3) is 5.47. The lowest BCUT2D eigenvalue weighted by atomic mass is 9.91. The number of carbonyl (C=O) groups excluding carboxylic acids is 1. The van der Waals surface area contributed by atoms with Gasteiger partial charge in [0.1, 0.15) is 6.10 Å². The highest BCUT2D eigenvalue weighted by molar-refractivity contribution is 5.95. The van der Waals surface area contributed by atoms with Crippen molar-refractivity contribution in [3.05, 3.63) is 12.3 Å². The van der Waals surface area contributed by atoms with E-state index in [9.17, 15) is 23.1 Å². The van der Waals surface area contributed by atoms with Crippen LogP contribution in [0.5, 0.6) is 0 Å². The van der Waals surface area contributed by atoms with Gasteiger partial charge in [-0.05, 0) is 12.8 Å². The molecule has 0 aromatic rings. The van der Waals surface area contributed by atoms with Crippen molar-refractivity contribution in [1.29, 1.82) is 0 Å². The Labute approximate surface area is 121 Å². The van der Waals surface area contributed by atoms with Gasteiger partial charge >= 0.3 is 6.18 Å². The Morgan fingerprint density at radius 2 is 2.24 bits per heavy atom. The summed E-state index contributed by atoms with van der Waals surface area (Å²) in [6.07, 6.45) is -3.19. The molecule has 0 aromatic heterocycles. The van der Waals surface area contributed by atoms with Crippen LogP contribution in [0.3, 0.4) is 0 Å². The normalized spacial score (nSPS) is 21.0. The molecule has 0 saturated heterocycles. The minimum atomic E-state index is -4.36. The van der Waals surface area contributed by atoms with E-state index < -0.39 is 37.1 Å². The minimum absolute atomic E-state index is 0.122. The number of hydrogen-bond donors (Lipinski definition) is 3. The van der Waals surface area contributed by atoms with Gasteiger partial charge in [-0.15, -0.1) is 0 Å². The lowest BCUT2D eigenvalue weighted by molar-refractivity contribution is -0.139. The van der Waals surface area contributed by atoms with Crippen LogP contribution < -0.4 is 11.1 Å². The Hall–Kier alpha value is -1.41. The molecule has 21 heavy (non-hydrogen) atoms. The van der Waals surface area contributed by atoms with E-state index in [0.717, 1.165) is 0 Å². The molecule has 3 unspecified atom stereocenters. The zero-order valence-electron chi connectivity index (χ0n) is 11.7.